The van der Waals surface area contributed by atoms with Gasteiger partial charge in [-0.15, -0.1) is 11.3 Å². The van der Waals surface area contributed by atoms with Crippen LogP contribution in [0.3, 0.4) is 0 Å². The molecule has 0 aliphatic carbocycles. The lowest BCUT2D eigenvalue weighted by Gasteiger charge is -1.95. The first-order valence-corrected chi connectivity index (χ1v) is 4.74. The Labute approximate surface area is 79.9 Å². The topological polar surface area (TPSA) is 30.0 Å². The summed E-state index contributed by atoms with van der Waals surface area (Å²) in [6.07, 6.45) is 0.761. The Morgan fingerprint density at radius 2 is 2.15 bits per heavy atom. The number of nitrogens with zero attached hydrogens (tertiary/aromatic N) is 1. The lowest BCUT2D eigenvalue weighted by atomic mass is 10.3. The zero-order valence-corrected chi connectivity index (χ0v) is 7.62. The van der Waals surface area contributed by atoms with Crippen LogP contribution >= 0.6 is 11.3 Å². The zero-order valence-electron chi connectivity index (χ0n) is 6.81. The third-order valence-corrected chi connectivity index (χ3v) is 2.56. The largest absolute Gasteiger partial charge is 0.296 e. The van der Waals surface area contributed by atoms with Crippen molar-refractivity contribution in [3.63, 3.8) is 0 Å². The molecular weight excluding hydrogens is 182 g/mol. The molecule has 2 nitrogen and oxygen atoms in total. The normalized spacial score (nSPS) is 9.85. The Balaban J connectivity index is 2.47. The lowest BCUT2D eigenvalue weighted by molar-refractivity contribution is 0.111. The molecule has 0 spiro atoms. The highest BCUT2D eigenvalue weighted by molar-refractivity contribution is 7.13. The SMILES string of the molecule is O=Cc1cccc(-c2cccs2)n1. The number of hydrogen-bond donors (Lipinski definition) is 0. The van der Waals surface area contributed by atoms with Crippen molar-refractivity contribution in [1.29, 1.82) is 0 Å². The van der Waals surface area contributed by atoms with Gasteiger partial charge in [-0.3, -0.25) is 4.79 Å². The Hall–Kier alpha value is -1.48. The van der Waals surface area contributed by atoms with E-state index in [0.717, 1.165) is 16.9 Å². The summed E-state index contributed by atoms with van der Waals surface area (Å²) in [5.41, 5.74) is 1.34. The van der Waals surface area contributed by atoms with Gasteiger partial charge in [0.2, 0.25) is 0 Å². The maximum Gasteiger partial charge on any atom is 0.168 e. The summed E-state index contributed by atoms with van der Waals surface area (Å²) >= 11 is 1.62. The molecule has 2 aromatic heterocycles. The van der Waals surface area contributed by atoms with E-state index < -0.39 is 0 Å². The highest BCUT2D eigenvalue weighted by Gasteiger charge is 2.00. The third-order valence-electron chi connectivity index (χ3n) is 1.67. The number of carbonyl (C=O) groups is 1. The van der Waals surface area contributed by atoms with Crippen LogP contribution < -0.4 is 0 Å². The fraction of sp³-hybridized carbons (Fsp3) is 0. The van der Waals surface area contributed by atoms with E-state index in [0.29, 0.717) is 5.69 Å². The molecular formula is C10H7NOS. The van der Waals surface area contributed by atoms with Gasteiger partial charge in [-0.05, 0) is 23.6 Å². The Morgan fingerprint density at radius 1 is 1.23 bits per heavy atom. The molecule has 3 heteroatoms. The average Bonchev–Trinajstić information content (AvgIpc) is 2.71. The molecule has 2 aromatic rings. The van der Waals surface area contributed by atoms with Gasteiger partial charge in [-0.1, -0.05) is 12.1 Å². The van der Waals surface area contributed by atoms with Crippen LogP contribution in [0.2, 0.25) is 0 Å². The van der Waals surface area contributed by atoms with Gasteiger partial charge in [0.05, 0.1) is 10.6 Å². The number of aromatic nitrogens is 1. The molecule has 64 valence electrons. The number of pyridine rings is 1. The number of hydrogen-bond acceptors (Lipinski definition) is 3. The van der Waals surface area contributed by atoms with Crippen LogP contribution in [0.1, 0.15) is 10.5 Å². The number of carbonyl (C=O) groups excluding carboxylic acids is 1. The monoisotopic (exact) mass is 189 g/mol. The van der Waals surface area contributed by atoms with Crippen molar-refractivity contribution in [2.24, 2.45) is 0 Å². The van der Waals surface area contributed by atoms with Crippen LogP contribution in [0.25, 0.3) is 10.6 Å². The summed E-state index contributed by atoms with van der Waals surface area (Å²) in [6, 6.07) is 9.39. The second kappa shape index (κ2) is 3.49. The van der Waals surface area contributed by atoms with E-state index in [4.69, 9.17) is 0 Å². The van der Waals surface area contributed by atoms with Crippen molar-refractivity contribution in [3.05, 3.63) is 41.4 Å². The Bertz CT molecular complexity index is 409. The number of rotatable bonds is 2. The molecule has 0 atom stereocenters. The minimum atomic E-state index is 0.478. The Kier molecular flexibility index (Phi) is 2.19. The molecule has 2 heterocycles. The highest BCUT2D eigenvalue weighted by Crippen LogP contribution is 2.22. The minimum absolute atomic E-state index is 0.478. The summed E-state index contributed by atoms with van der Waals surface area (Å²) in [5.74, 6) is 0. The number of aldehydes is 1. The van der Waals surface area contributed by atoms with E-state index in [9.17, 15) is 4.79 Å². The van der Waals surface area contributed by atoms with E-state index in [2.05, 4.69) is 4.98 Å². The Morgan fingerprint density at radius 3 is 2.85 bits per heavy atom. The van der Waals surface area contributed by atoms with Crippen LogP contribution in [0.4, 0.5) is 0 Å². The van der Waals surface area contributed by atoms with Gasteiger partial charge < -0.3 is 0 Å². The van der Waals surface area contributed by atoms with Gasteiger partial charge in [0.1, 0.15) is 5.69 Å². The van der Waals surface area contributed by atoms with Crippen molar-refractivity contribution in [2.75, 3.05) is 0 Å². The summed E-state index contributed by atoms with van der Waals surface area (Å²) in [4.78, 5) is 15.7. The zero-order chi connectivity index (χ0) is 9.10. The molecule has 0 radical (unpaired) electrons. The maximum absolute atomic E-state index is 10.5. The molecule has 0 aromatic carbocycles. The summed E-state index contributed by atoms with van der Waals surface area (Å²) in [7, 11) is 0. The molecule has 0 bridgehead atoms. The molecule has 0 amide bonds. The van der Waals surface area contributed by atoms with Crippen molar-refractivity contribution in [3.8, 4) is 10.6 Å². The molecule has 0 aliphatic rings. The molecule has 13 heavy (non-hydrogen) atoms. The summed E-state index contributed by atoms with van der Waals surface area (Å²) in [5, 5.41) is 1.99. The van der Waals surface area contributed by atoms with Gasteiger partial charge in [0.15, 0.2) is 6.29 Å². The van der Waals surface area contributed by atoms with Crippen LogP contribution in [-0.2, 0) is 0 Å². The van der Waals surface area contributed by atoms with Crippen LogP contribution in [0, 0.1) is 0 Å². The van der Waals surface area contributed by atoms with Gasteiger partial charge in [0, 0.05) is 0 Å². The predicted molar refractivity (Wildman–Crippen MR) is 52.9 cm³/mol. The molecule has 0 unspecified atom stereocenters. The molecule has 2 rings (SSSR count). The van der Waals surface area contributed by atoms with Crippen LogP contribution in [0.15, 0.2) is 35.7 Å². The summed E-state index contributed by atoms with van der Waals surface area (Å²) < 4.78 is 0. The van der Waals surface area contributed by atoms with E-state index >= 15 is 0 Å². The number of thiophene rings is 1. The summed E-state index contributed by atoms with van der Waals surface area (Å²) in [6.45, 7) is 0. The fourth-order valence-corrected chi connectivity index (χ4v) is 1.77. The van der Waals surface area contributed by atoms with Crippen LogP contribution in [-0.4, -0.2) is 11.3 Å². The molecule has 0 saturated heterocycles. The van der Waals surface area contributed by atoms with Crippen LogP contribution in [0.5, 0.6) is 0 Å². The van der Waals surface area contributed by atoms with Crippen molar-refractivity contribution in [2.45, 2.75) is 0 Å². The first-order valence-electron chi connectivity index (χ1n) is 3.86. The first kappa shape index (κ1) is 8.13. The fourth-order valence-electron chi connectivity index (χ4n) is 1.08. The lowest BCUT2D eigenvalue weighted by Crippen LogP contribution is -1.87. The van der Waals surface area contributed by atoms with Crippen molar-refractivity contribution < 1.29 is 4.79 Å². The molecule has 0 saturated carbocycles. The molecule has 0 N–H and O–H groups in total. The van der Waals surface area contributed by atoms with E-state index in [1.807, 2.05) is 29.6 Å². The quantitative estimate of drug-likeness (QED) is 0.680. The predicted octanol–water partition coefficient (Wildman–Crippen LogP) is 2.62. The van der Waals surface area contributed by atoms with Gasteiger partial charge in [0.25, 0.3) is 0 Å². The maximum atomic E-state index is 10.5. The average molecular weight is 189 g/mol. The second-order valence-electron chi connectivity index (χ2n) is 2.54. The van der Waals surface area contributed by atoms with E-state index in [-0.39, 0.29) is 0 Å². The molecule has 0 fully saturated rings. The van der Waals surface area contributed by atoms with Gasteiger partial charge in [-0.2, -0.15) is 0 Å². The van der Waals surface area contributed by atoms with E-state index in [1.165, 1.54) is 0 Å². The van der Waals surface area contributed by atoms with Gasteiger partial charge >= 0.3 is 0 Å². The standard InChI is InChI=1S/C10H7NOS/c12-7-8-3-1-4-9(11-8)10-5-2-6-13-10/h1-7H. The van der Waals surface area contributed by atoms with E-state index in [1.54, 1.807) is 17.4 Å². The minimum Gasteiger partial charge on any atom is -0.296 e. The second-order valence-corrected chi connectivity index (χ2v) is 3.49. The highest BCUT2D eigenvalue weighted by atomic mass is 32.1. The third kappa shape index (κ3) is 1.65. The van der Waals surface area contributed by atoms with Crippen molar-refractivity contribution >= 4 is 17.6 Å². The van der Waals surface area contributed by atoms with Crippen molar-refractivity contribution in [1.82, 2.24) is 4.98 Å². The smallest absolute Gasteiger partial charge is 0.168 e. The van der Waals surface area contributed by atoms with Gasteiger partial charge in [-0.25, -0.2) is 4.98 Å². The first-order chi connectivity index (χ1) is 6.40. The molecule has 0 aliphatic heterocycles.